The zero-order chi connectivity index (χ0) is 16.8. The Bertz CT molecular complexity index is 619. The number of rotatable bonds is 8. The van der Waals surface area contributed by atoms with E-state index in [0.717, 1.165) is 6.07 Å². The third kappa shape index (κ3) is 4.28. The van der Waals surface area contributed by atoms with Gasteiger partial charge in [-0.25, -0.2) is 0 Å². The van der Waals surface area contributed by atoms with E-state index in [9.17, 15) is 14.7 Å². The molecule has 0 radical (unpaired) electrons. The number of nitriles is 1. The molecule has 22 heavy (non-hydrogen) atoms. The minimum Gasteiger partial charge on any atom is -0.366 e. The Kier molecular flexibility index (Phi) is 6.50. The number of nitrogens with one attached hydrogen (secondary N) is 1. The standard InChI is InChI=1S/C13H18N3O5P/c1-4-20-22(19,21-5-2)10(3)15-12-7-6-11(9-14)8-13(12)16(17)18/h6-8,10,15H,4-5H2,1-3H3. The summed E-state index contributed by atoms with van der Waals surface area (Å²) >= 11 is 0. The van der Waals surface area contributed by atoms with Gasteiger partial charge in [0.2, 0.25) is 0 Å². The predicted molar refractivity (Wildman–Crippen MR) is 81.8 cm³/mol. The second-order valence-electron chi connectivity index (χ2n) is 4.30. The highest BCUT2D eigenvalue weighted by Gasteiger charge is 2.33. The molecule has 1 aromatic rings. The largest absolute Gasteiger partial charge is 0.366 e. The summed E-state index contributed by atoms with van der Waals surface area (Å²) in [6.45, 7) is 5.32. The molecule has 0 bridgehead atoms. The van der Waals surface area contributed by atoms with Gasteiger partial charge in [0.1, 0.15) is 11.5 Å². The van der Waals surface area contributed by atoms with E-state index in [1.54, 1.807) is 20.8 Å². The lowest BCUT2D eigenvalue weighted by molar-refractivity contribution is -0.384. The third-order valence-corrected chi connectivity index (χ3v) is 5.09. The van der Waals surface area contributed by atoms with E-state index < -0.39 is 18.3 Å². The van der Waals surface area contributed by atoms with Crippen molar-refractivity contribution in [3.63, 3.8) is 0 Å². The Hall–Kier alpha value is -1.94. The van der Waals surface area contributed by atoms with Crippen LogP contribution in [0.4, 0.5) is 11.4 Å². The fourth-order valence-electron chi connectivity index (χ4n) is 1.80. The van der Waals surface area contributed by atoms with Crippen LogP contribution in [0.5, 0.6) is 0 Å². The molecule has 0 heterocycles. The van der Waals surface area contributed by atoms with Gasteiger partial charge < -0.3 is 14.4 Å². The second-order valence-corrected chi connectivity index (χ2v) is 6.67. The first-order valence-electron chi connectivity index (χ1n) is 6.71. The zero-order valence-corrected chi connectivity index (χ0v) is 13.5. The van der Waals surface area contributed by atoms with Gasteiger partial charge in [-0.15, -0.1) is 0 Å². The summed E-state index contributed by atoms with van der Waals surface area (Å²) in [7, 11) is -3.44. The molecule has 0 aliphatic rings. The molecular weight excluding hydrogens is 309 g/mol. The third-order valence-electron chi connectivity index (χ3n) is 2.78. The van der Waals surface area contributed by atoms with Crippen LogP contribution in [-0.4, -0.2) is 23.9 Å². The first-order valence-corrected chi connectivity index (χ1v) is 8.33. The van der Waals surface area contributed by atoms with Crippen LogP contribution in [0.25, 0.3) is 0 Å². The van der Waals surface area contributed by atoms with Crippen LogP contribution in [0, 0.1) is 21.4 Å². The summed E-state index contributed by atoms with van der Waals surface area (Å²) in [4.78, 5) is 10.5. The van der Waals surface area contributed by atoms with Crippen molar-refractivity contribution in [2.45, 2.75) is 26.6 Å². The molecule has 1 rings (SSSR count). The number of hydrogen-bond donors (Lipinski definition) is 1. The van der Waals surface area contributed by atoms with Gasteiger partial charge in [-0.05, 0) is 32.9 Å². The lowest BCUT2D eigenvalue weighted by Gasteiger charge is -2.24. The van der Waals surface area contributed by atoms with Gasteiger partial charge in [-0.3, -0.25) is 14.7 Å². The molecule has 1 aromatic carbocycles. The van der Waals surface area contributed by atoms with Crippen molar-refractivity contribution in [1.82, 2.24) is 0 Å². The first-order chi connectivity index (χ1) is 10.4. The molecule has 8 nitrogen and oxygen atoms in total. The molecule has 1 N–H and O–H groups in total. The van der Waals surface area contributed by atoms with Gasteiger partial charge in [0.05, 0.1) is 29.8 Å². The lowest BCUT2D eigenvalue weighted by Crippen LogP contribution is -2.19. The minimum absolute atomic E-state index is 0.149. The average Bonchev–Trinajstić information content (AvgIpc) is 2.47. The molecule has 0 spiro atoms. The Labute approximate surface area is 128 Å². The highest BCUT2D eigenvalue weighted by atomic mass is 31.2. The van der Waals surface area contributed by atoms with Crippen molar-refractivity contribution in [3.8, 4) is 6.07 Å². The monoisotopic (exact) mass is 327 g/mol. The second kappa shape index (κ2) is 7.90. The van der Waals surface area contributed by atoms with Crippen molar-refractivity contribution < 1.29 is 18.5 Å². The van der Waals surface area contributed by atoms with Gasteiger partial charge in [-0.2, -0.15) is 5.26 Å². The fraction of sp³-hybridized carbons (Fsp3) is 0.462. The van der Waals surface area contributed by atoms with E-state index in [2.05, 4.69) is 5.32 Å². The van der Waals surface area contributed by atoms with Crippen LogP contribution in [-0.2, 0) is 13.6 Å². The van der Waals surface area contributed by atoms with Gasteiger partial charge in [0.25, 0.3) is 5.69 Å². The van der Waals surface area contributed by atoms with Crippen molar-refractivity contribution in [2.75, 3.05) is 18.5 Å². The number of nitro benzene ring substituents is 1. The van der Waals surface area contributed by atoms with E-state index in [1.807, 2.05) is 6.07 Å². The predicted octanol–water partition coefficient (Wildman–Crippen LogP) is 3.49. The van der Waals surface area contributed by atoms with E-state index in [-0.39, 0.29) is 30.2 Å². The van der Waals surface area contributed by atoms with Gasteiger partial charge in [0.15, 0.2) is 0 Å². The lowest BCUT2D eigenvalue weighted by atomic mass is 10.2. The van der Waals surface area contributed by atoms with Crippen molar-refractivity contribution >= 4 is 19.0 Å². The minimum atomic E-state index is -3.44. The normalized spacial score (nSPS) is 12.5. The molecule has 120 valence electrons. The molecule has 1 atom stereocenters. The Morgan fingerprint density at radius 2 is 2.00 bits per heavy atom. The maximum absolute atomic E-state index is 12.6. The molecule has 9 heteroatoms. The van der Waals surface area contributed by atoms with Crippen LogP contribution >= 0.6 is 7.60 Å². The van der Waals surface area contributed by atoms with Gasteiger partial charge >= 0.3 is 7.60 Å². The Morgan fingerprint density at radius 3 is 2.45 bits per heavy atom. The van der Waals surface area contributed by atoms with Crippen LogP contribution in [0.3, 0.4) is 0 Å². The molecule has 0 saturated carbocycles. The smallest absolute Gasteiger partial charge is 0.352 e. The molecule has 0 amide bonds. The van der Waals surface area contributed by atoms with E-state index in [1.165, 1.54) is 12.1 Å². The van der Waals surface area contributed by atoms with Crippen molar-refractivity contribution in [3.05, 3.63) is 33.9 Å². The Balaban J connectivity index is 3.10. The number of hydrogen-bond acceptors (Lipinski definition) is 7. The average molecular weight is 327 g/mol. The maximum atomic E-state index is 12.6. The zero-order valence-electron chi connectivity index (χ0n) is 12.6. The van der Waals surface area contributed by atoms with Crippen LogP contribution < -0.4 is 5.32 Å². The molecule has 0 aliphatic carbocycles. The molecule has 0 aromatic heterocycles. The summed E-state index contributed by atoms with van der Waals surface area (Å²) in [6.07, 6.45) is 0. The highest BCUT2D eigenvalue weighted by molar-refractivity contribution is 7.54. The SMILES string of the molecule is CCOP(=O)(OCC)C(C)Nc1ccc(C#N)cc1[N+](=O)[O-]. The summed E-state index contributed by atoms with van der Waals surface area (Å²) in [5.41, 5.74) is 0.0456. The number of nitrogens with zero attached hydrogens (tertiary/aromatic N) is 2. The summed E-state index contributed by atoms with van der Waals surface area (Å²) in [6, 6.07) is 5.83. The number of anilines is 1. The molecule has 1 unspecified atom stereocenters. The van der Waals surface area contributed by atoms with Crippen LogP contribution in [0.15, 0.2) is 18.2 Å². The molecule has 0 fully saturated rings. The topological polar surface area (TPSA) is 114 Å². The molecule has 0 aliphatic heterocycles. The van der Waals surface area contributed by atoms with E-state index in [0.29, 0.717) is 0 Å². The summed E-state index contributed by atoms with van der Waals surface area (Å²) in [5.74, 6) is -0.779. The first kappa shape index (κ1) is 18.1. The fourth-order valence-corrected chi connectivity index (χ4v) is 3.34. The number of benzene rings is 1. The molecular formula is C13H18N3O5P. The van der Waals surface area contributed by atoms with Crippen molar-refractivity contribution in [1.29, 1.82) is 5.26 Å². The van der Waals surface area contributed by atoms with Crippen molar-refractivity contribution in [2.24, 2.45) is 0 Å². The number of nitro groups is 1. The maximum Gasteiger partial charge on any atom is 0.352 e. The highest BCUT2D eigenvalue weighted by Crippen LogP contribution is 2.53. The van der Waals surface area contributed by atoms with Crippen LogP contribution in [0.1, 0.15) is 26.3 Å². The van der Waals surface area contributed by atoms with E-state index in [4.69, 9.17) is 14.3 Å². The van der Waals surface area contributed by atoms with Gasteiger partial charge in [0, 0.05) is 6.07 Å². The van der Waals surface area contributed by atoms with Gasteiger partial charge in [-0.1, -0.05) is 0 Å². The summed E-state index contributed by atoms with van der Waals surface area (Å²) in [5, 5.41) is 22.7. The Morgan fingerprint density at radius 1 is 1.41 bits per heavy atom. The quantitative estimate of drug-likeness (QED) is 0.441. The van der Waals surface area contributed by atoms with E-state index >= 15 is 0 Å². The molecule has 0 saturated heterocycles. The van der Waals surface area contributed by atoms with Crippen LogP contribution in [0.2, 0.25) is 0 Å². The summed E-state index contributed by atoms with van der Waals surface area (Å²) < 4.78 is 23.0.